The van der Waals surface area contributed by atoms with Gasteiger partial charge in [0.15, 0.2) is 0 Å². The number of aromatic amines is 1. The number of carbonyl (C=O) groups excluding carboxylic acids is 1. The van der Waals surface area contributed by atoms with E-state index in [1.54, 1.807) is 43.7 Å². The molecular formula is C22H16F2N6O2. The monoisotopic (exact) mass is 434 g/mol. The van der Waals surface area contributed by atoms with Crippen LogP contribution in [0.4, 0.5) is 14.5 Å². The lowest BCUT2D eigenvalue weighted by Crippen LogP contribution is -2.16. The minimum Gasteiger partial charge on any atom is -0.494 e. The second-order valence-electron chi connectivity index (χ2n) is 7.11. The molecule has 0 saturated heterocycles. The first-order chi connectivity index (χ1) is 15.5. The number of rotatable bonds is 4. The molecule has 32 heavy (non-hydrogen) atoms. The van der Waals surface area contributed by atoms with Crippen LogP contribution in [-0.2, 0) is 7.05 Å². The van der Waals surface area contributed by atoms with Crippen molar-refractivity contribution in [3.05, 3.63) is 66.1 Å². The largest absolute Gasteiger partial charge is 0.494 e. The van der Waals surface area contributed by atoms with Gasteiger partial charge < -0.3 is 10.1 Å². The van der Waals surface area contributed by atoms with Gasteiger partial charge >= 0.3 is 0 Å². The number of anilines is 1. The van der Waals surface area contributed by atoms with E-state index in [9.17, 15) is 13.6 Å². The van der Waals surface area contributed by atoms with Crippen molar-refractivity contribution in [2.75, 3.05) is 12.4 Å². The molecule has 0 aliphatic heterocycles. The van der Waals surface area contributed by atoms with Crippen molar-refractivity contribution in [2.45, 2.75) is 0 Å². The molecule has 5 aromatic rings. The first kappa shape index (κ1) is 19.6. The maximum absolute atomic E-state index is 14.9. The predicted molar refractivity (Wildman–Crippen MR) is 114 cm³/mol. The van der Waals surface area contributed by atoms with Crippen LogP contribution < -0.4 is 10.1 Å². The number of aryl methyl sites for hydroxylation is 1. The summed E-state index contributed by atoms with van der Waals surface area (Å²) in [7, 11) is 3.10. The molecule has 0 spiro atoms. The number of amides is 1. The van der Waals surface area contributed by atoms with E-state index in [0.717, 1.165) is 6.07 Å². The highest BCUT2D eigenvalue weighted by atomic mass is 19.1. The molecule has 1 amide bonds. The predicted octanol–water partition coefficient (Wildman–Crippen LogP) is 4.05. The first-order valence-corrected chi connectivity index (χ1v) is 9.55. The Kier molecular flexibility index (Phi) is 4.54. The van der Waals surface area contributed by atoms with E-state index >= 15 is 0 Å². The number of hydrogen-bond donors (Lipinski definition) is 2. The van der Waals surface area contributed by atoms with Crippen LogP contribution >= 0.6 is 0 Å². The van der Waals surface area contributed by atoms with Gasteiger partial charge in [-0.2, -0.15) is 10.2 Å². The molecule has 2 N–H and O–H groups in total. The Morgan fingerprint density at radius 1 is 1.16 bits per heavy atom. The van der Waals surface area contributed by atoms with Crippen molar-refractivity contribution < 1.29 is 18.3 Å². The number of H-pyrrole nitrogens is 1. The summed E-state index contributed by atoms with van der Waals surface area (Å²) in [6.45, 7) is 0. The molecule has 0 aliphatic rings. The summed E-state index contributed by atoms with van der Waals surface area (Å²) < 4.78 is 36.2. The van der Waals surface area contributed by atoms with E-state index in [4.69, 9.17) is 4.74 Å². The van der Waals surface area contributed by atoms with Gasteiger partial charge in [0.05, 0.1) is 35.9 Å². The molecule has 3 aromatic heterocycles. The summed E-state index contributed by atoms with van der Waals surface area (Å²) in [5.74, 6) is -2.30. The van der Waals surface area contributed by atoms with Gasteiger partial charge in [-0.25, -0.2) is 8.78 Å². The second-order valence-corrected chi connectivity index (χ2v) is 7.11. The van der Waals surface area contributed by atoms with Crippen LogP contribution in [0, 0.1) is 11.6 Å². The summed E-state index contributed by atoms with van der Waals surface area (Å²) in [5.41, 5.74) is 1.94. The van der Waals surface area contributed by atoms with Gasteiger partial charge in [-0.05, 0) is 24.3 Å². The molecule has 8 nitrogen and oxygen atoms in total. The average Bonchev–Trinajstić information content (AvgIpc) is 3.37. The Bertz CT molecular complexity index is 1510. The topological polar surface area (TPSA) is 97.7 Å². The zero-order chi connectivity index (χ0) is 22.4. The van der Waals surface area contributed by atoms with Crippen LogP contribution in [0.15, 0.2) is 48.9 Å². The zero-order valence-electron chi connectivity index (χ0n) is 17.0. The third-order valence-corrected chi connectivity index (χ3v) is 5.25. The molecule has 2 aromatic carbocycles. The Hall–Kier alpha value is -4.34. The second kappa shape index (κ2) is 7.41. The Morgan fingerprint density at radius 3 is 2.81 bits per heavy atom. The normalized spacial score (nSPS) is 11.2. The van der Waals surface area contributed by atoms with Crippen LogP contribution in [0.2, 0.25) is 0 Å². The van der Waals surface area contributed by atoms with Crippen molar-refractivity contribution in [3.8, 4) is 17.0 Å². The number of carbonyl (C=O) groups is 1. The molecule has 0 radical (unpaired) electrons. The quantitative estimate of drug-likeness (QED) is 0.445. The zero-order valence-corrected chi connectivity index (χ0v) is 17.0. The smallest absolute Gasteiger partial charge is 0.261 e. The number of fused-ring (bicyclic) bond motifs is 2. The molecule has 0 aliphatic carbocycles. The molecule has 0 bridgehead atoms. The van der Waals surface area contributed by atoms with Gasteiger partial charge in [0.1, 0.15) is 28.6 Å². The molecule has 3 heterocycles. The Balaban J connectivity index is 1.54. The molecule has 0 unspecified atom stereocenters. The SMILES string of the molecule is COc1cnccc1-c1n[nH]c2ccc(NC(=O)c3c(F)cc4c(cnn4C)c3F)cc12. The summed E-state index contributed by atoms with van der Waals surface area (Å²) in [6, 6.07) is 7.85. The number of benzene rings is 2. The average molecular weight is 434 g/mol. The van der Waals surface area contributed by atoms with Crippen molar-refractivity contribution >= 4 is 33.4 Å². The molecule has 0 saturated carbocycles. The van der Waals surface area contributed by atoms with Crippen molar-refractivity contribution in [1.29, 1.82) is 0 Å². The minimum atomic E-state index is -0.970. The first-order valence-electron chi connectivity index (χ1n) is 9.55. The molecule has 10 heteroatoms. The number of aromatic nitrogens is 5. The van der Waals surface area contributed by atoms with Gasteiger partial charge in [0.2, 0.25) is 0 Å². The van der Waals surface area contributed by atoms with E-state index in [1.807, 2.05) is 0 Å². The molecule has 5 rings (SSSR count). The van der Waals surface area contributed by atoms with Crippen LogP contribution in [0.25, 0.3) is 33.1 Å². The molecule has 0 atom stereocenters. The van der Waals surface area contributed by atoms with Crippen LogP contribution in [0.5, 0.6) is 5.75 Å². The number of methoxy groups -OCH3 is 1. The number of ether oxygens (including phenoxy) is 1. The van der Waals surface area contributed by atoms with E-state index in [1.165, 1.54) is 18.0 Å². The summed E-state index contributed by atoms with van der Waals surface area (Å²) in [4.78, 5) is 16.8. The van der Waals surface area contributed by atoms with E-state index < -0.39 is 23.1 Å². The fraction of sp³-hybridized carbons (Fsp3) is 0.0909. The van der Waals surface area contributed by atoms with E-state index in [0.29, 0.717) is 33.6 Å². The molecular weight excluding hydrogens is 418 g/mol. The number of nitrogens with zero attached hydrogens (tertiary/aromatic N) is 4. The third-order valence-electron chi connectivity index (χ3n) is 5.25. The highest BCUT2D eigenvalue weighted by Gasteiger charge is 2.23. The molecule has 0 fully saturated rings. The highest BCUT2D eigenvalue weighted by molar-refractivity contribution is 6.08. The summed E-state index contributed by atoms with van der Waals surface area (Å²) in [6.07, 6.45) is 4.44. The lowest BCUT2D eigenvalue weighted by molar-refractivity contribution is 0.101. The van der Waals surface area contributed by atoms with Gasteiger partial charge in [0.25, 0.3) is 5.91 Å². The number of halogens is 2. The highest BCUT2D eigenvalue weighted by Crippen LogP contribution is 2.34. The minimum absolute atomic E-state index is 0.0661. The van der Waals surface area contributed by atoms with E-state index in [2.05, 4.69) is 25.6 Å². The lowest BCUT2D eigenvalue weighted by atomic mass is 10.1. The van der Waals surface area contributed by atoms with Gasteiger partial charge in [-0.15, -0.1) is 0 Å². The fourth-order valence-electron chi connectivity index (χ4n) is 3.66. The number of pyridine rings is 1. The molecule has 160 valence electrons. The van der Waals surface area contributed by atoms with E-state index in [-0.39, 0.29) is 10.9 Å². The maximum Gasteiger partial charge on any atom is 0.261 e. The third kappa shape index (κ3) is 3.04. The summed E-state index contributed by atoms with van der Waals surface area (Å²) >= 11 is 0. The van der Waals surface area contributed by atoms with Crippen LogP contribution in [0.1, 0.15) is 10.4 Å². The van der Waals surface area contributed by atoms with Gasteiger partial charge in [-0.1, -0.05) is 0 Å². The van der Waals surface area contributed by atoms with Crippen molar-refractivity contribution in [3.63, 3.8) is 0 Å². The lowest BCUT2D eigenvalue weighted by Gasteiger charge is -2.09. The fourth-order valence-corrected chi connectivity index (χ4v) is 3.66. The standard InChI is InChI=1S/C22H16F2N6O2/c1-30-17-8-15(23)19(20(24)14(17)9-26-30)22(31)27-11-3-4-16-13(7-11)21(29-28-16)12-5-6-25-10-18(12)32-2/h3-10H,1-2H3,(H,27,31)(H,28,29). The Labute approximate surface area is 179 Å². The van der Waals surface area contributed by atoms with Crippen LogP contribution in [-0.4, -0.2) is 38.0 Å². The number of nitrogens with one attached hydrogen (secondary N) is 2. The Morgan fingerprint density at radius 2 is 2.00 bits per heavy atom. The number of hydrogen-bond acceptors (Lipinski definition) is 5. The van der Waals surface area contributed by atoms with Gasteiger partial charge in [0, 0.05) is 35.9 Å². The van der Waals surface area contributed by atoms with Crippen molar-refractivity contribution in [2.24, 2.45) is 7.05 Å². The maximum atomic E-state index is 14.9. The summed E-state index contributed by atoms with van der Waals surface area (Å²) in [5, 5.41) is 14.5. The van der Waals surface area contributed by atoms with Crippen molar-refractivity contribution in [1.82, 2.24) is 25.0 Å². The van der Waals surface area contributed by atoms with Gasteiger partial charge in [-0.3, -0.25) is 19.6 Å². The van der Waals surface area contributed by atoms with Crippen LogP contribution in [0.3, 0.4) is 0 Å².